The summed E-state index contributed by atoms with van der Waals surface area (Å²) in [5.74, 6) is -0.121. The van der Waals surface area contributed by atoms with E-state index in [1.165, 1.54) is 12.1 Å². The lowest BCUT2D eigenvalue weighted by Crippen LogP contribution is -2.54. The van der Waals surface area contributed by atoms with Gasteiger partial charge in [0.2, 0.25) is 5.91 Å². The summed E-state index contributed by atoms with van der Waals surface area (Å²) < 4.78 is 13.1. The van der Waals surface area contributed by atoms with Gasteiger partial charge in [-0.25, -0.2) is 4.39 Å². The Balaban J connectivity index is 1.96. The van der Waals surface area contributed by atoms with Crippen LogP contribution >= 0.6 is 0 Å². The molecule has 0 radical (unpaired) electrons. The molecule has 3 rings (SSSR count). The Morgan fingerprint density at radius 1 is 1.30 bits per heavy atom. The van der Waals surface area contributed by atoms with Crippen molar-refractivity contribution in [1.82, 2.24) is 4.90 Å². The van der Waals surface area contributed by atoms with Crippen LogP contribution in [0.15, 0.2) is 24.3 Å². The third-order valence-corrected chi connectivity index (χ3v) is 4.51. The summed E-state index contributed by atoms with van der Waals surface area (Å²) in [4.78, 5) is 14.2. The number of carbonyl (C=O) groups is 1. The van der Waals surface area contributed by atoms with Crippen molar-refractivity contribution in [3.8, 4) is 0 Å². The van der Waals surface area contributed by atoms with Crippen LogP contribution in [0, 0.1) is 5.82 Å². The van der Waals surface area contributed by atoms with Gasteiger partial charge in [-0.2, -0.15) is 0 Å². The summed E-state index contributed by atoms with van der Waals surface area (Å²) in [5.41, 5.74) is 0.143. The van der Waals surface area contributed by atoms with Crippen molar-refractivity contribution in [3.05, 3.63) is 35.6 Å². The van der Waals surface area contributed by atoms with E-state index in [-0.39, 0.29) is 23.8 Å². The molecular weight excluding hydrogens is 257 g/mol. The summed E-state index contributed by atoms with van der Waals surface area (Å²) in [5, 5.41) is 10.5. The number of hydrogen-bond donors (Lipinski definition) is 1. The third-order valence-electron chi connectivity index (χ3n) is 4.51. The van der Waals surface area contributed by atoms with E-state index in [1.54, 1.807) is 12.1 Å². The van der Waals surface area contributed by atoms with Crippen molar-refractivity contribution < 1.29 is 14.3 Å². The molecule has 1 aromatic carbocycles. The van der Waals surface area contributed by atoms with Crippen LogP contribution in [0.2, 0.25) is 0 Å². The number of benzene rings is 1. The normalized spacial score (nSPS) is 34.0. The molecule has 3 atom stereocenters. The Labute approximate surface area is 118 Å². The molecule has 0 bridgehead atoms. The lowest BCUT2D eigenvalue weighted by molar-refractivity contribution is -0.150. The average molecular weight is 277 g/mol. The minimum absolute atomic E-state index is 0.107. The Bertz CT molecular complexity index is 512. The minimum atomic E-state index is -0.766. The van der Waals surface area contributed by atoms with Crippen molar-refractivity contribution >= 4 is 5.91 Å². The van der Waals surface area contributed by atoms with Crippen molar-refractivity contribution in [3.63, 3.8) is 0 Å². The SMILES string of the molecule is C[C@@]1(O)C[C@H]2CCCC(=O)N2[C@H](c2ccc(F)cc2)C1. The topological polar surface area (TPSA) is 40.5 Å². The molecule has 108 valence electrons. The average Bonchev–Trinajstić information content (AvgIpc) is 2.37. The van der Waals surface area contributed by atoms with Gasteiger partial charge in [-0.15, -0.1) is 0 Å². The molecule has 0 unspecified atom stereocenters. The van der Waals surface area contributed by atoms with Crippen LogP contribution in [0.25, 0.3) is 0 Å². The molecule has 2 heterocycles. The molecule has 1 N–H and O–H groups in total. The standard InChI is InChI=1S/C16H20FNO2/c1-16(20)9-13-3-2-4-15(19)18(13)14(10-16)11-5-7-12(17)8-6-11/h5-8,13-14,20H,2-4,9-10H2,1H3/t13-,14+,16-/m1/s1. The number of amides is 1. The first-order valence-electron chi connectivity index (χ1n) is 7.25. The number of hydrogen-bond acceptors (Lipinski definition) is 2. The summed E-state index contributed by atoms with van der Waals surface area (Å²) in [6.07, 6.45) is 3.57. The predicted octanol–water partition coefficient (Wildman–Crippen LogP) is 2.79. The molecule has 0 spiro atoms. The number of nitrogens with zero attached hydrogens (tertiary/aromatic N) is 1. The van der Waals surface area contributed by atoms with Gasteiger partial charge in [0.15, 0.2) is 0 Å². The molecule has 2 fully saturated rings. The maximum Gasteiger partial charge on any atom is 0.223 e. The Morgan fingerprint density at radius 2 is 2.00 bits per heavy atom. The Morgan fingerprint density at radius 3 is 2.70 bits per heavy atom. The van der Waals surface area contributed by atoms with Crippen LogP contribution in [-0.4, -0.2) is 27.6 Å². The Hall–Kier alpha value is -1.42. The zero-order valence-electron chi connectivity index (χ0n) is 11.7. The fourth-order valence-corrected chi connectivity index (χ4v) is 3.66. The summed E-state index contributed by atoms with van der Waals surface area (Å²) in [6, 6.07) is 6.25. The van der Waals surface area contributed by atoms with Crippen molar-refractivity contribution in [1.29, 1.82) is 0 Å². The van der Waals surface area contributed by atoms with Gasteiger partial charge in [-0.1, -0.05) is 12.1 Å². The van der Waals surface area contributed by atoms with Crippen LogP contribution in [0.5, 0.6) is 0 Å². The molecule has 1 aromatic rings. The molecule has 2 aliphatic rings. The van der Waals surface area contributed by atoms with E-state index in [4.69, 9.17) is 0 Å². The van der Waals surface area contributed by atoms with Gasteiger partial charge < -0.3 is 10.0 Å². The number of carbonyl (C=O) groups excluding carboxylic acids is 1. The van der Waals surface area contributed by atoms with Crippen LogP contribution in [-0.2, 0) is 4.79 Å². The lowest BCUT2D eigenvalue weighted by Gasteiger charge is -2.50. The molecule has 20 heavy (non-hydrogen) atoms. The van der Waals surface area contributed by atoms with Gasteiger partial charge in [-0.3, -0.25) is 4.79 Å². The van der Waals surface area contributed by atoms with Crippen LogP contribution in [0.3, 0.4) is 0 Å². The summed E-state index contributed by atoms with van der Waals surface area (Å²) >= 11 is 0. The molecule has 2 saturated heterocycles. The van der Waals surface area contributed by atoms with E-state index in [0.717, 1.165) is 18.4 Å². The lowest BCUT2D eigenvalue weighted by atomic mass is 9.77. The van der Waals surface area contributed by atoms with Crippen molar-refractivity contribution in [2.24, 2.45) is 0 Å². The zero-order chi connectivity index (χ0) is 14.3. The number of aliphatic hydroxyl groups is 1. The van der Waals surface area contributed by atoms with Crippen LogP contribution < -0.4 is 0 Å². The van der Waals surface area contributed by atoms with E-state index >= 15 is 0 Å². The monoisotopic (exact) mass is 277 g/mol. The van der Waals surface area contributed by atoms with Gasteiger partial charge in [-0.05, 0) is 43.9 Å². The fourth-order valence-electron chi connectivity index (χ4n) is 3.66. The highest BCUT2D eigenvalue weighted by Crippen LogP contribution is 2.43. The van der Waals surface area contributed by atoms with E-state index in [0.29, 0.717) is 19.3 Å². The highest BCUT2D eigenvalue weighted by atomic mass is 19.1. The largest absolute Gasteiger partial charge is 0.390 e. The second-order valence-electron chi connectivity index (χ2n) is 6.32. The second kappa shape index (κ2) is 4.85. The van der Waals surface area contributed by atoms with E-state index < -0.39 is 5.60 Å². The molecule has 0 aliphatic carbocycles. The van der Waals surface area contributed by atoms with Gasteiger partial charge >= 0.3 is 0 Å². The molecule has 0 aromatic heterocycles. The number of fused-ring (bicyclic) bond motifs is 1. The quantitative estimate of drug-likeness (QED) is 0.857. The first-order chi connectivity index (χ1) is 9.46. The van der Waals surface area contributed by atoms with E-state index in [1.807, 2.05) is 11.8 Å². The van der Waals surface area contributed by atoms with Crippen LogP contribution in [0.1, 0.15) is 50.6 Å². The molecule has 3 nitrogen and oxygen atoms in total. The smallest absolute Gasteiger partial charge is 0.223 e. The summed E-state index contributed by atoms with van der Waals surface area (Å²) in [6.45, 7) is 1.83. The van der Waals surface area contributed by atoms with Crippen LogP contribution in [0.4, 0.5) is 4.39 Å². The van der Waals surface area contributed by atoms with Gasteiger partial charge in [0.05, 0.1) is 11.6 Å². The van der Waals surface area contributed by atoms with Gasteiger partial charge in [0.1, 0.15) is 5.82 Å². The molecule has 0 saturated carbocycles. The highest BCUT2D eigenvalue weighted by Gasteiger charge is 2.44. The van der Waals surface area contributed by atoms with Crippen molar-refractivity contribution in [2.75, 3.05) is 0 Å². The van der Waals surface area contributed by atoms with Gasteiger partial charge in [0, 0.05) is 18.9 Å². The van der Waals surface area contributed by atoms with Crippen molar-refractivity contribution in [2.45, 2.75) is 56.7 Å². The maximum absolute atomic E-state index is 13.1. The number of piperidine rings is 2. The molecular formula is C16H20FNO2. The number of halogens is 1. The highest BCUT2D eigenvalue weighted by molar-refractivity contribution is 5.78. The predicted molar refractivity (Wildman–Crippen MR) is 73.5 cm³/mol. The number of rotatable bonds is 1. The molecule has 4 heteroatoms. The van der Waals surface area contributed by atoms with E-state index in [9.17, 15) is 14.3 Å². The maximum atomic E-state index is 13.1. The molecule has 1 amide bonds. The first kappa shape index (κ1) is 13.6. The second-order valence-corrected chi connectivity index (χ2v) is 6.32. The fraction of sp³-hybridized carbons (Fsp3) is 0.562. The zero-order valence-corrected chi connectivity index (χ0v) is 11.7. The minimum Gasteiger partial charge on any atom is -0.390 e. The summed E-state index contributed by atoms with van der Waals surface area (Å²) in [7, 11) is 0. The van der Waals surface area contributed by atoms with E-state index in [2.05, 4.69) is 0 Å². The van der Waals surface area contributed by atoms with Gasteiger partial charge in [0.25, 0.3) is 0 Å². The Kier molecular flexibility index (Phi) is 3.28. The molecule has 2 aliphatic heterocycles. The third kappa shape index (κ3) is 2.44. The first-order valence-corrected chi connectivity index (χ1v) is 7.25.